The van der Waals surface area contributed by atoms with Gasteiger partial charge in [0.25, 0.3) is 0 Å². The summed E-state index contributed by atoms with van der Waals surface area (Å²) in [6, 6.07) is 0.642. The van der Waals surface area contributed by atoms with Gasteiger partial charge in [-0.2, -0.15) is 11.8 Å². The largest absolute Gasteiger partial charge is 0.395 e. The Balaban J connectivity index is 2.58. The summed E-state index contributed by atoms with van der Waals surface area (Å²) in [7, 11) is 0. The third-order valence-corrected chi connectivity index (χ3v) is 6.05. The Kier molecular flexibility index (Phi) is 11.8. The van der Waals surface area contributed by atoms with Crippen molar-refractivity contribution in [2.24, 2.45) is 0 Å². The monoisotopic (exact) mass is 315 g/mol. The molecule has 21 heavy (non-hydrogen) atoms. The zero-order chi connectivity index (χ0) is 15.3. The molecule has 1 fully saturated rings. The highest BCUT2D eigenvalue weighted by Crippen LogP contribution is 2.29. The molecule has 3 atom stereocenters. The summed E-state index contributed by atoms with van der Waals surface area (Å²) < 4.78 is 0. The highest BCUT2D eigenvalue weighted by Gasteiger charge is 2.23. The Morgan fingerprint density at radius 2 is 1.57 bits per heavy atom. The van der Waals surface area contributed by atoms with E-state index >= 15 is 0 Å². The molecule has 0 spiro atoms. The summed E-state index contributed by atoms with van der Waals surface area (Å²) in [4.78, 5) is 0. The van der Waals surface area contributed by atoms with Gasteiger partial charge < -0.3 is 10.4 Å². The van der Waals surface area contributed by atoms with E-state index in [1.165, 1.54) is 70.6 Å². The second kappa shape index (κ2) is 12.8. The maximum Gasteiger partial charge on any atom is 0.0547 e. The average molecular weight is 316 g/mol. The lowest BCUT2D eigenvalue weighted by Crippen LogP contribution is -2.39. The molecule has 0 saturated heterocycles. The molecule has 0 aromatic heterocycles. The molecule has 0 aromatic carbocycles. The highest BCUT2D eigenvalue weighted by molar-refractivity contribution is 8.00. The predicted octanol–water partition coefficient (Wildman–Crippen LogP) is 4.75. The molecule has 1 aliphatic carbocycles. The standard InChI is InChI=1S/C18H37NOS/c1-3-14-19-17-12-10-8-6-4-5-7-9-11-13-18(17)21-16(2)15-20/h16-20H,3-15H2,1-2H3. The van der Waals surface area contributed by atoms with Crippen molar-refractivity contribution in [2.45, 2.75) is 101 Å². The van der Waals surface area contributed by atoms with Crippen molar-refractivity contribution < 1.29 is 5.11 Å². The van der Waals surface area contributed by atoms with E-state index < -0.39 is 0 Å². The number of aliphatic hydroxyl groups excluding tert-OH is 1. The molecular weight excluding hydrogens is 278 g/mol. The molecule has 1 rings (SSSR count). The number of hydrogen-bond donors (Lipinski definition) is 2. The van der Waals surface area contributed by atoms with Crippen molar-refractivity contribution in [1.29, 1.82) is 0 Å². The molecule has 3 unspecified atom stereocenters. The average Bonchev–Trinajstić information content (AvgIpc) is 2.49. The minimum absolute atomic E-state index is 0.307. The molecule has 1 saturated carbocycles. The van der Waals surface area contributed by atoms with Crippen LogP contribution in [0.25, 0.3) is 0 Å². The van der Waals surface area contributed by atoms with Crippen LogP contribution in [0.5, 0.6) is 0 Å². The Bertz CT molecular complexity index is 237. The van der Waals surface area contributed by atoms with Gasteiger partial charge in [-0.25, -0.2) is 0 Å². The van der Waals surface area contributed by atoms with E-state index in [1.807, 2.05) is 11.8 Å². The summed E-state index contributed by atoms with van der Waals surface area (Å²) in [6.45, 7) is 5.86. The van der Waals surface area contributed by atoms with Crippen LogP contribution in [0.2, 0.25) is 0 Å². The van der Waals surface area contributed by atoms with E-state index in [4.69, 9.17) is 0 Å². The Morgan fingerprint density at radius 3 is 2.14 bits per heavy atom. The molecule has 0 bridgehead atoms. The summed E-state index contributed by atoms with van der Waals surface area (Å²) >= 11 is 2.02. The molecule has 1 aliphatic rings. The summed E-state index contributed by atoms with van der Waals surface area (Å²) in [5.74, 6) is 0. The molecular formula is C18H37NOS. The topological polar surface area (TPSA) is 32.3 Å². The van der Waals surface area contributed by atoms with Crippen molar-refractivity contribution in [3.8, 4) is 0 Å². The van der Waals surface area contributed by atoms with Gasteiger partial charge >= 0.3 is 0 Å². The minimum Gasteiger partial charge on any atom is -0.395 e. The smallest absolute Gasteiger partial charge is 0.0547 e. The molecule has 2 N–H and O–H groups in total. The number of rotatable bonds is 6. The second-order valence-corrected chi connectivity index (χ2v) is 8.32. The fraction of sp³-hybridized carbons (Fsp3) is 1.00. The van der Waals surface area contributed by atoms with E-state index in [-0.39, 0.29) is 0 Å². The third kappa shape index (κ3) is 9.10. The Hall–Kier alpha value is 0.270. The van der Waals surface area contributed by atoms with Gasteiger partial charge in [0.1, 0.15) is 0 Å². The van der Waals surface area contributed by atoms with Crippen molar-refractivity contribution >= 4 is 11.8 Å². The Morgan fingerprint density at radius 1 is 1.00 bits per heavy atom. The first-order valence-electron chi connectivity index (χ1n) is 9.27. The van der Waals surface area contributed by atoms with Crippen LogP contribution < -0.4 is 5.32 Å². The van der Waals surface area contributed by atoms with E-state index in [9.17, 15) is 5.11 Å². The van der Waals surface area contributed by atoms with Crippen LogP contribution in [0.4, 0.5) is 0 Å². The second-order valence-electron chi connectivity index (χ2n) is 6.63. The van der Waals surface area contributed by atoms with Crippen LogP contribution in [0, 0.1) is 0 Å². The van der Waals surface area contributed by atoms with Gasteiger partial charge in [-0.1, -0.05) is 65.2 Å². The lowest BCUT2D eigenvalue weighted by Gasteiger charge is -2.30. The van der Waals surface area contributed by atoms with Crippen LogP contribution >= 0.6 is 11.8 Å². The zero-order valence-corrected chi connectivity index (χ0v) is 15.1. The van der Waals surface area contributed by atoms with Crippen molar-refractivity contribution in [2.75, 3.05) is 13.2 Å². The van der Waals surface area contributed by atoms with Crippen LogP contribution in [0.15, 0.2) is 0 Å². The fourth-order valence-corrected chi connectivity index (χ4v) is 4.63. The molecule has 0 amide bonds. The van der Waals surface area contributed by atoms with Crippen molar-refractivity contribution in [1.82, 2.24) is 5.32 Å². The van der Waals surface area contributed by atoms with Crippen LogP contribution in [0.1, 0.15) is 84.5 Å². The molecule has 126 valence electrons. The molecule has 0 aliphatic heterocycles. The van der Waals surface area contributed by atoms with E-state index in [2.05, 4.69) is 19.2 Å². The van der Waals surface area contributed by atoms with Gasteiger partial charge in [-0.15, -0.1) is 0 Å². The number of aliphatic hydroxyl groups is 1. The van der Waals surface area contributed by atoms with Gasteiger partial charge in [0.15, 0.2) is 0 Å². The van der Waals surface area contributed by atoms with Gasteiger partial charge in [-0.05, 0) is 25.8 Å². The zero-order valence-electron chi connectivity index (χ0n) is 14.3. The molecule has 0 radical (unpaired) electrons. The van der Waals surface area contributed by atoms with E-state index in [1.54, 1.807) is 0 Å². The van der Waals surface area contributed by atoms with Gasteiger partial charge in [0.2, 0.25) is 0 Å². The maximum absolute atomic E-state index is 9.40. The van der Waals surface area contributed by atoms with Gasteiger partial charge in [0.05, 0.1) is 6.61 Å². The normalized spacial score (nSPS) is 27.6. The van der Waals surface area contributed by atoms with E-state index in [0.29, 0.717) is 23.1 Å². The molecule has 3 heteroatoms. The first-order chi connectivity index (χ1) is 10.3. The van der Waals surface area contributed by atoms with Crippen molar-refractivity contribution in [3.63, 3.8) is 0 Å². The first kappa shape index (κ1) is 19.3. The fourth-order valence-electron chi connectivity index (χ4n) is 3.23. The lowest BCUT2D eigenvalue weighted by molar-refractivity contribution is 0.299. The van der Waals surface area contributed by atoms with E-state index in [0.717, 1.165) is 6.54 Å². The summed E-state index contributed by atoms with van der Waals surface area (Å²) in [5.41, 5.74) is 0. The maximum atomic E-state index is 9.40. The van der Waals surface area contributed by atoms with Gasteiger partial charge in [-0.3, -0.25) is 0 Å². The molecule has 0 aromatic rings. The summed E-state index contributed by atoms with van der Waals surface area (Å²) in [5, 5.41) is 14.2. The molecule has 0 heterocycles. The lowest BCUT2D eigenvalue weighted by atomic mass is 9.97. The first-order valence-corrected chi connectivity index (χ1v) is 10.2. The summed E-state index contributed by atoms with van der Waals surface area (Å²) in [6.07, 6.45) is 15.1. The third-order valence-electron chi connectivity index (χ3n) is 4.52. The Labute approximate surface area is 136 Å². The number of hydrogen-bond acceptors (Lipinski definition) is 3. The minimum atomic E-state index is 0.307. The number of thioether (sulfide) groups is 1. The number of nitrogens with one attached hydrogen (secondary N) is 1. The predicted molar refractivity (Wildman–Crippen MR) is 96.2 cm³/mol. The SMILES string of the molecule is CCCNC1CCCCCCCCCCC1SC(C)CO. The highest BCUT2D eigenvalue weighted by atomic mass is 32.2. The van der Waals surface area contributed by atoms with Crippen LogP contribution in [-0.4, -0.2) is 34.8 Å². The van der Waals surface area contributed by atoms with Crippen molar-refractivity contribution in [3.05, 3.63) is 0 Å². The van der Waals surface area contributed by atoms with Crippen LogP contribution in [0.3, 0.4) is 0 Å². The molecule has 2 nitrogen and oxygen atoms in total. The van der Waals surface area contributed by atoms with Crippen LogP contribution in [-0.2, 0) is 0 Å². The quantitative estimate of drug-likeness (QED) is 0.742. The van der Waals surface area contributed by atoms with Gasteiger partial charge in [0, 0.05) is 16.5 Å².